The molecule has 0 saturated heterocycles. The van der Waals surface area contributed by atoms with Crippen LogP contribution < -0.4 is 0 Å². The minimum atomic E-state index is -1.15. The van der Waals surface area contributed by atoms with Gasteiger partial charge in [0.15, 0.2) is 0 Å². The normalized spacial score (nSPS) is 13.1. The summed E-state index contributed by atoms with van der Waals surface area (Å²) in [4.78, 5) is 9.02. The second kappa shape index (κ2) is 8.74. The fourth-order valence-corrected chi connectivity index (χ4v) is 4.91. The van der Waals surface area contributed by atoms with Crippen molar-refractivity contribution in [2.45, 2.75) is 52.2 Å². The van der Waals surface area contributed by atoms with E-state index in [9.17, 15) is 5.11 Å². The molecule has 9 heteroatoms. The molecule has 186 valence electrons. The molecule has 36 heavy (non-hydrogen) atoms. The predicted octanol–water partition coefficient (Wildman–Crippen LogP) is 5.58. The molecule has 1 N–H and O–H groups in total. The lowest BCUT2D eigenvalue weighted by molar-refractivity contribution is 0.0784. The van der Waals surface area contributed by atoms with Gasteiger partial charge in [0, 0.05) is 36.0 Å². The number of benzene rings is 1. The third-order valence-corrected chi connectivity index (χ3v) is 6.66. The van der Waals surface area contributed by atoms with E-state index < -0.39 is 23.3 Å². The van der Waals surface area contributed by atoms with Crippen molar-refractivity contribution in [1.29, 1.82) is 0 Å². The minimum absolute atomic E-state index is 0.302. The van der Waals surface area contributed by atoms with E-state index in [0.717, 1.165) is 6.42 Å². The van der Waals surface area contributed by atoms with Gasteiger partial charge in [-0.2, -0.15) is 0 Å². The number of rotatable bonds is 6. The van der Waals surface area contributed by atoms with Crippen LogP contribution in [0.5, 0.6) is 0 Å². The molecule has 1 aromatic carbocycles. The van der Waals surface area contributed by atoms with Crippen LogP contribution in [-0.4, -0.2) is 34.6 Å². The molecule has 0 aliphatic carbocycles. The van der Waals surface area contributed by atoms with Crippen molar-refractivity contribution in [3.8, 4) is 11.3 Å². The average Bonchev–Trinajstić information content (AvgIpc) is 3.32. The van der Waals surface area contributed by atoms with Gasteiger partial charge in [0.2, 0.25) is 0 Å². The van der Waals surface area contributed by atoms with Gasteiger partial charge < -0.3 is 9.67 Å². The lowest BCUT2D eigenvalue weighted by Gasteiger charge is -2.22. The molecular weight excluding hydrogens is 462 g/mol. The Hall–Kier alpha value is -3.72. The molecule has 0 aliphatic rings. The Morgan fingerprint density at radius 1 is 1.08 bits per heavy atom. The Bertz CT molecular complexity index is 1580. The van der Waals surface area contributed by atoms with E-state index >= 15 is 8.78 Å². The SMILES string of the molecule is CCCC(c1ncccc1F)n1c2cc(-c3c(C)nnn3C)c(F)cc2c2ncc(C(C)(C)O)cc21. The molecule has 1 unspecified atom stereocenters. The van der Waals surface area contributed by atoms with Crippen LogP contribution in [0.2, 0.25) is 0 Å². The van der Waals surface area contributed by atoms with Gasteiger partial charge in [-0.3, -0.25) is 9.97 Å². The van der Waals surface area contributed by atoms with Crippen LogP contribution in [0.3, 0.4) is 0 Å². The third-order valence-electron chi connectivity index (χ3n) is 6.66. The van der Waals surface area contributed by atoms with Gasteiger partial charge in [-0.15, -0.1) is 5.10 Å². The van der Waals surface area contributed by atoms with Crippen LogP contribution in [0.25, 0.3) is 33.2 Å². The van der Waals surface area contributed by atoms with Crippen molar-refractivity contribution < 1.29 is 13.9 Å². The maximum Gasteiger partial charge on any atom is 0.146 e. The van der Waals surface area contributed by atoms with Crippen molar-refractivity contribution in [2.75, 3.05) is 0 Å². The van der Waals surface area contributed by atoms with Crippen LogP contribution in [-0.2, 0) is 12.6 Å². The Morgan fingerprint density at radius 2 is 1.86 bits per heavy atom. The number of aromatic nitrogens is 6. The van der Waals surface area contributed by atoms with Crippen LogP contribution in [0.15, 0.2) is 42.7 Å². The van der Waals surface area contributed by atoms with Crippen molar-refractivity contribution in [1.82, 2.24) is 29.5 Å². The highest BCUT2D eigenvalue weighted by atomic mass is 19.1. The monoisotopic (exact) mass is 490 g/mol. The van der Waals surface area contributed by atoms with Gasteiger partial charge in [-0.05, 0) is 57.5 Å². The maximum absolute atomic E-state index is 15.6. The maximum atomic E-state index is 15.6. The van der Waals surface area contributed by atoms with E-state index in [1.54, 1.807) is 57.0 Å². The number of pyridine rings is 2. The molecule has 0 saturated carbocycles. The molecule has 1 atom stereocenters. The summed E-state index contributed by atoms with van der Waals surface area (Å²) in [5.41, 5.74) is 3.19. The first-order valence-electron chi connectivity index (χ1n) is 11.9. The van der Waals surface area contributed by atoms with Crippen LogP contribution >= 0.6 is 0 Å². The third kappa shape index (κ3) is 3.83. The van der Waals surface area contributed by atoms with Crippen molar-refractivity contribution in [2.24, 2.45) is 7.05 Å². The van der Waals surface area contributed by atoms with Crippen molar-refractivity contribution in [3.63, 3.8) is 0 Å². The van der Waals surface area contributed by atoms with Gasteiger partial charge >= 0.3 is 0 Å². The summed E-state index contributed by atoms with van der Waals surface area (Å²) in [5.74, 6) is -0.842. The lowest BCUT2D eigenvalue weighted by Crippen LogP contribution is -2.17. The number of aryl methyl sites for hydroxylation is 2. The Balaban J connectivity index is 1.92. The van der Waals surface area contributed by atoms with Crippen LogP contribution in [0, 0.1) is 18.6 Å². The van der Waals surface area contributed by atoms with E-state index in [1.165, 1.54) is 12.1 Å². The highest BCUT2D eigenvalue weighted by molar-refractivity contribution is 6.07. The summed E-state index contributed by atoms with van der Waals surface area (Å²) in [6.07, 6.45) is 4.53. The van der Waals surface area contributed by atoms with Gasteiger partial charge in [-0.25, -0.2) is 13.5 Å². The largest absolute Gasteiger partial charge is 0.386 e. The summed E-state index contributed by atoms with van der Waals surface area (Å²) in [5, 5.41) is 19.4. The predicted molar refractivity (Wildman–Crippen MR) is 134 cm³/mol. The number of nitrogens with zero attached hydrogens (tertiary/aromatic N) is 6. The zero-order valence-electron chi connectivity index (χ0n) is 20.9. The molecule has 0 bridgehead atoms. The van der Waals surface area contributed by atoms with Crippen molar-refractivity contribution in [3.05, 3.63) is 71.3 Å². The zero-order chi connectivity index (χ0) is 25.8. The van der Waals surface area contributed by atoms with Gasteiger partial charge in [0.05, 0.1) is 45.3 Å². The molecule has 5 rings (SSSR count). The molecule has 7 nitrogen and oxygen atoms in total. The smallest absolute Gasteiger partial charge is 0.146 e. The molecule has 4 heterocycles. The van der Waals surface area contributed by atoms with Gasteiger partial charge in [0.25, 0.3) is 0 Å². The van der Waals surface area contributed by atoms with Gasteiger partial charge in [-0.1, -0.05) is 18.6 Å². The first-order chi connectivity index (χ1) is 17.1. The second-order valence-corrected chi connectivity index (χ2v) is 9.69. The highest BCUT2D eigenvalue weighted by Crippen LogP contribution is 2.39. The lowest BCUT2D eigenvalue weighted by atomic mass is 10.00. The first-order valence-corrected chi connectivity index (χ1v) is 11.9. The Kier molecular flexibility index (Phi) is 5.83. The Morgan fingerprint density at radius 3 is 2.50 bits per heavy atom. The summed E-state index contributed by atoms with van der Waals surface area (Å²) in [6.45, 7) is 7.17. The molecule has 0 spiro atoms. The fourth-order valence-electron chi connectivity index (χ4n) is 4.91. The summed E-state index contributed by atoms with van der Waals surface area (Å²) in [6, 6.07) is 7.55. The first kappa shape index (κ1) is 24.0. The van der Waals surface area contributed by atoms with Crippen molar-refractivity contribution >= 4 is 21.9 Å². The van der Waals surface area contributed by atoms with E-state index in [2.05, 4.69) is 20.3 Å². The molecular formula is C27H28F2N6O. The topological polar surface area (TPSA) is 81.7 Å². The van der Waals surface area contributed by atoms with E-state index in [1.807, 2.05) is 17.6 Å². The number of hydrogen-bond acceptors (Lipinski definition) is 5. The quantitative estimate of drug-likeness (QED) is 0.336. The molecule has 0 aliphatic heterocycles. The van der Waals surface area contributed by atoms with Gasteiger partial charge in [0.1, 0.15) is 11.6 Å². The van der Waals surface area contributed by atoms with E-state index in [-0.39, 0.29) is 0 Å². The fraction of sp³-hybridized carbons (Fsp3) is 0.333. The molecule has 5 aromatic rings. The number of hydrogen-bond donors (Lipinski definition) is 1. The average molecular weight is 491 g/mol. The van der Waals surface area contributed by atoms with Crippen LogP contribution in [0.4, 0.5) is 8.78 Å². The Labute approximate surface area is 207 Å². The molecule has 4 aromatic heterocycles. The summed E-state index contributed by atoms with van der Waals surface area (Å²) < 4.78 is 34.2. The number of halogens is 2. The summed E-state index contributed by atoms with van der Waals surface area (Å²) in [7, 11) is 1.72. The zero-order valence-corrected chi connectivity index (χ0v) is 20.9. The number of aliphatic hydroxyl groups is 1. The van der Waals surface area contributed by atoms with E-state index in [4.69, 9.17) is 0 Å². The molecule has 0 radical (unpaired) electrons. The van der Waals surface area contributed by atoms with E-state index in [0.29, 0.717) is 56.6 Å². The molecule has 0 amide bonds. The number of fused-ring (bicyclic) bond motifs is 3. The molecule has 0 fully saturated rings. The van der Waals surface area contributed by atoms with Crippen LogP contribution in [0.1, 0.15) is 56.6 Å². The standard InChI is InChI=1S/C27H28F2N6O/c1-6-8-21(25-19(28)9-7-10-30-25)35-22-13-17(26-15(2)32-33-34(26)5)20(29)12-18(22)24-23(35)11-16(14-31-24)27(3,4)36/h7,9-14,21,36H,6,8H2,1-5H3. The summed E-state index contributed by atoms with van der Waals surface area (Å²) >= 11 is 0. The highest BCUT2D eigenvalue weighted by Gasteiger charge is 2.27. The second-order valence-electron chi connectivity index (χ2n) is 9.69. The minimum Gasteiger partial charge on any atom is -0.386 e.